The fraction of sp³-hybridized carbons (Fsp3) is 0.385. The SMILES string of the molecule is CCCC(C)(CCC)n1c(=O)c2cc3c(=O)n(-c4ccc(CC)cc4)c(=O)c3cc2c1=O. The molecule has 0 saturated heterocycles. The summed E-state index contributed by atoms with van der Waals surface area (Å²) < 4.78 is 2.46. The Morgan fingerprint density at radius 1 is 0.688 bits per heavy atom. The molecule has 0 aliphatic rings. The number of rotatable bonds is 7. The first-order chi connectivity index (χ1) is 15.3. The first kappa shape index (κ1) is 21.9. The van der Waals surface area contributed by atoms with Gasteiger partial charge in [-0.25, -0.2) is 4.57 Å². The van der Waals surface area contributed by atoms with Gasteiger partial charge in [0.05, 0.1) is 27.2 Å². The van der Waals surface area contributed by atoms with Crippen molar-refractivity contribution < 1.29 is 0 Å². The van der Waals surface area contributed by atoms with E-state index in [9.17, 15) is 19.2 Å². The van der Waals surface area contributed by atoms with E-state index in [1.165, 1.54) is 16.7 Å². The van der Waals surface area contributed by atoms with Gasteiger partial charge >= 0.3 is 0 Å². The molecule has 0 unspecified atom stereocenters. The third-order valence-electron chi connectivity index (χ3n) is 6.61. The maximum absolute atomic E-state index is 13.3. The summed E-state index contributed by atoms with van der Waals surface area (Å²) in [6.45, 7) is 8.02. The van der Waals surface area contributed by atoms with Crippen LogP contribution in [0.5, 0.6) is 0 Å². The summed E-state index contributed by atoms with van der Waals surface area (Å²) in [5.74, 6) is 0. The lowest BCUT2D eigenvalue weighted by atomic mass is 9.90. The molecule has 0 atom stereocenters. The lowest BCUT2D eigenvalue weighted by molar-refractivity contribution is 0.254. The van der Waals surface area contributed by atoms with Crippen LogP contribution in [0.15, 0.2) is 55.6 Å². The van der Waals surface area contributed by atoms with Crippen LogP contribution in [-0.4, -0.2) is 9.13 Å². The molecule has 6 nitrogen and oxygen atoms in total. The number of fused-ring (bicyclic) bond motifs is 2. The van der Waals surface area contributed by atoms with Crippen molar-refractivity contribution in [2.45, 2.75) is 65.3 Å². The van der Waals surface area contributed by atoms with E-state index >= 15 is 0 Å². The van der Waals surface area contributed by atoms with Crippen LogP contribution in [0.25, 0.3) is 27.2 Å². The summed E-state index contributed by atoms with van der Waals surface area (Å²) in [4.78, 5) is 52.9. The van der Waals surface area contributed by atoms with E-state index in [-0.39, 0.29) is 32.7 Å². The summed E-state index contributed by atoms with van der Waals surface area (Å²) in [6, 6.07) is 10.1. The highest BCUT2D eigenvalue weighted by Gasteiger charge is 2.31. The average Bonchev–Trinajstić information content (AvgIpc) is 3.17. The molecule has 0 fully saturated rings. The van der Waals surface area contributed by atoms with Crippen molar-refractivity contribution in [3.63, 3.8) is 0 Å². The Balaban J connectivity index is 2.01. The molecule has 166 valence electrons. The molecule has 32 heavy (non-hydrogen) atoms. The van der Waals surface area contributed by atoms with Gasteiger partial charge in [0.25, 0.3) is 22.2 Å². The lowest BCUT2D eigenvalue weighted by Gasteiger charge is -2.29. The van der Waals surface area contributed by atoms with Gasteiger partial charge < -0.3 is 0 Å². The minimum atomic E-state index is -0.595. The van der Waals surface area contributed by atoms with Crippen molar-refractivity contribution in [3.8, 4) is 5.69 Å². The number of hydrogen-bond acceptors (Lipinski definition) is 4. The van der Waals surface area contributed by atoms with Crippen LogP contribution in [0.4, 0.5) is 0 Å². The molecule has 0 spiro atoms. The van der Waals surface area contributed by atoms with E-state index in [2.05, 4.69) is 0 Å². The van der Waals surface area contributed by atoms with Gasteiger partial charge in [0, 0.05) is 5.54 Å². The summed E-state index contributed by atoms with van der Waals surface area (Å²) in [5.41, 5.74) is -0.732. The van der Waals surface area contributed by atoms with Crippen LogP contribution in [0, 0.1) is 0 Å². The molecular formula is C26H28N2O4. The first-order valence-corrected chi connectivity index (χ1v) is 11.3. The van der Waals surface area contributed by atoms with Crippen LogP contribution in [0.1, 0.15) is 58.9 Å². The summed E-state index contributed by atoms with van der Waals surface area (Å²) >= 11 is 0. The molecular weight excluding hydrogens is 404 g/mol. The van der Waals surface area contributed by atoms with Crippen LogP contribution in [-0.2, 0) is 12.0 Å². The molecule has 0 amide bonds. The summed E-state index contributed by atoms with van der Waals surface area (Å²) in [6.07, 6.45) is 3.92. The fourth-order valence-corrected chi connectivity index (χ4v) is 5.01. The lowest BCUT2D eigenvalue weighted by Crippen LogP contribution is -2.43. The predicted molar refractivity (Wildman–Crippen MR) is 129 cm³/mol. The largest absolute Gasteiger partial charge is 0.269 e. The van der Waals surface area contributed by atoms with E-state index in [4.69, 9.17) is 0 Å². The van der Waals surface area contributed by atoms with Gasteiger partial charge in [-0.1, -0.05) is 45.7 Å². The van der Waals surface area contributed by atoms with Gasteiger partial charge in [-0.2, -0.15) is 0 Å². The van der Waals surface area contributed by atoms with Gasteiger partial charge in [-0.3, -0.25) is 23.7 Å². The van der Waals surface area contributed by atoms with Crippen molar-refractivity contribution in [2.75, 3.05) is 0 Å². The summed E-state index contributed by atoms with van der Waals surface area (Å²) in [7, 11) is 0. The second kappa shape index (κ2) is 8.01. The Kier molecular flexibility index (Phi) is 5.49. The van der Waals surface area contributed by atoms with Crippen LogP contribution in [0.2, 0.25) is 0 Å². The van der Waals surface area contributed by atoms with Gasteiger partial charge in [0.2, 0.25) is 0 Å². The van der Waals surface area contributed by atoms with Crippen molar-refractivity contribution in [3.05, 3.63) is 83.4 Å². The normalized spacial score (nSPS) is 12.2. The van der Waals surface area contributed by atoms with Crippen LogP contribution in [0.3, 0.4) is 0 Å². The quantitative estimate of drug-likeness (QED) is 0.445. The Hall–Kier alpha value is -3.28. The van der Waals surface area contributed by atoms with Crippen molar-refractivity contribution >= 4 is 21.5 Å². The molecule has 2 heterocycles. The van der Waals surface area contributed by atoms with Gasteiger partial charge in [-0.15, -0.1) is 0 Å². The Morgan fingerprint density at radius 2 is 1.12 bits per heavy atom. The molecule has 4 rings (SSSR count). The van der Waals surface area contributed by atoms with Crippen molar-refractivity contribution in [2.24, 2.45) is 0 Å². The number of aromatic nitrogens is 2. The zero-order valence-electron chi connectivity index (χ0n) is 19.0. The predicted octanol–water partition coefficient (Wildman–Crippen LogP) is 3.78. The zero-order valence-corrected chi connectivity index (χ0v) is 19.0. The maximum Gasteiger partial charge on any atom is 0.266 e. The molecule has 0 bridgehead atoms. The molecule has 0 saturated carbocycles. The number of aryl methyl sites for hydroxylation is 1. The third-order valence-corrected chi connectivity index (χ3v) is 6.61. The Labute approximate surface area is 185 Å². The second-order valence-corrected chi connectivity index (χ2v) is 8.85. The molecule has 0 aliphatic carbocycles. The highest BCUT2D eigenvalue weighted by Crippen LogP contribution is 2.27. The molecule has 2 aromatic carbocycles. The van der Waals surface area contributed by atoms with Gasteiger partial charge in [0.1, 0.15) is 0 Å². The smallest absolute Gasteiger partial charge is 0.266 e. The standard InChI is InChI=1S/C26H28N2O4/c1-5-12-26(4,13-6-2)28-24(31)20-14-18-19(15-21(20)25(28)32)23(30)27(22(18)29)17-10-8-16(7-3)9-11-17/h8-11,14-15H,5-7,12-13H2,1-4H3. The molecule has 0 aliphatic heterocycles. The number of benzene rings is 2. The molecule has 6 heteroatoms. The van der Waals surface area contributed by atoms with Crippen LogP contribution < -0.4 is 22.2 Å². The summed E-state index contributed by atoms with van der Waals surface area (Å²) in [5, 5.41) is 0.751. The van der Waals surface area contributed by atoms with Crippen LogP contribution >= 0.6 is 0 Å². The topological polar surface area (TPSA) is 78.1 Å². The number of nitrogens with zero attached hydrogens (tertiary/aromatic N) is 2. The third kappa shape index (κ3) is 3.17. The molecule has 4 aromatic rings. The van der Waals surface area contributed by atoms with Gasteiger partial charge in [-0.05, 0) is 56.0 Å². The minimum Gasteiger partial charge on any atom is -0.269 e. The maximum atomic E-state index is 13.3. The van der Waals surface area contributed by atoms with Crippen molar-refractivity contribution in [1.82, 2.24) is 9.13 Å². The zero-order chi connectivity index (χ0) is 23.2. The number of hydrogen-bond donors (Lipinski definition) is 0. The van der Waals surface area contributed by atoms with E-state index < -0.39 is 16.7 Å². The van der Waals surface area contributed by atoms with E-state index in [0.717, 1.165) is 29.4 Å². The van der Waals surface area contributed by atoms with Crippen molar-refractivity contribution in [1.29, 1.82) is 0 Å². The highest BCUT2D eigenvalue weighted by atomic mass is 16.2. The minimum absolute atomic E-state index is 0.170. The monoisotopic (exact) mass is 432 g/mol. The first-order valence-electron chi connectivity index (χ1n) is 11.3. The highest BCUT2D eigenvalue weighted by molar-refractivity contribution is 5.98. The van der Waals surface area contributed by atoms with E-state index in [1.54, 1.807) is 12.1 Å². The molecule has 0 N–H and O–H groups in total. The average molecular weight is 433 g/mol. The Bertz CT molecular complexity index is 1430. The fourth-order valence-electron chi connectivity index (χ4n) is 5.01. The van der Waals surface area contributed by atoms with E-state index in [1.807, 2.05) is 39.8 Å². The molecule has 2 aromatic heterocycles. The Morgan fingerprint density at radius 3 is 1.53 bits per heavy atom. The van der Waals surface area contributed by atoms with E-state index in [0.29, 0.717) is 18.5 Å². The molecule has 0 radical (unpaired) electrons. The van der Waals surface area contributed by atoms with Gasteiger partial charge in [0.15, 0.2) is 0 Å². The second-order valence-electron chi connectivity index (χ2n) is 8.85.